The van der Waals surface area contributed by atoms with Crippen LogP contribution in [0.25, 0.3) is 10.9 Å². The minimum absolute atomic E-state index is 0.0995. The number of fused-ring (bicyclic) bond motifs is 1. The number of nitrogens with zero attached hydrogens (tertiary/aromatic N) is 3. The molecule has 5 rings (SSSR count). The molecule has 1 fully saturated rings. The predicted octanol–water partition coefficient (Wildman–Crippen LogP) is 4.97. The molecule has 0 saturated carbocycles. The van der Waals surface area contributed by atoms with Crippen LogP contribution in [0.15, 0.2) is 60.1 Å². The van der Waals surface area contributed by atoms with Gasteiger partial charge in [-0.1, -0.05) is 41.9 Å². The van der Waals surface area contributed by atoms with Gasteiger partial charge in [0, 0.05) is 60.2 Å². The van der Waals surface area contributed by atoms with Crippen LogP contribution in [-0.4, -0.2) is 71.6 Å². The van der Waals surface area contributed by atoms with E-state index >= 15 is 0 Å². The first-order chi connectivity index (χ1) is 18.6. The molecule has 4 aromatic rings. The van der Waals surface area contributed by atoms with Crippen LogP contribution in [-0.2, 0) is 24.2 Å². The van der Waals surface area contributed by atoms with Crippen molar-refractivity contribution in [2.45, 2.75) is 25.9 Å². The van der Waals surface area contributed by atoms with E-state index in [0.717, 1.165) is 74.3 Å². The van der Waals surface area contributed by atoms with Crippen molar-refractivity contribution in [2.75, 3.05) is 45.9 Å². The molecule has 3 heterocycles. The van der Waals surface area contributed by atoms with Gasteiger partial charge in [0.1, 0.15) is 10.7 Å². The second kappa shape index (κ2) is 13.4. The number of halogens is 1. The average molecular weight is 552 g/mol. The normalized spacial score (nSPS) is 14.4. The number of H-pyrrole nitrogens is 1. The zero-order chi connectivity index (χ0) is 26.2. The average Bonchev–Trinajstić information content (AvgIpc) is 3.59. The van der Waals surface area contributed by atoms with Gasteiger partial charge in [-0.3, -0.25) is 14.6 Å². The number of hydrogen-bond donors (Lipinski definition) is 2. The molecule has 1 amide bonds. The Morgan fingerprint density at radius 3 is 2.79 bits per heavy atom. The fourth-order valence-corrected chi connectivity index (χ4v) is 5.72. The summed E-state index contributed by atoms with van der Waals surface area (Å²) in [5.41, 5.74) is 4.16. The summed E-state index contributed by atoms with van der Waals surface area (Å²) >= 11 is 7.65. The van der Waals surface area contributed by atoms with Crippen LogP contribution in [0, 0.1) is 0 Å². The number of thiazole rings is 1. The fourth-order valence-electron chi connectivity index (χ4n) is 4.78. The molecule has 0 bridgehead atoms. The van der Waals surface area contributed by atoms with E-state index < -0.39 is 0 Å². The van der Waals surface area contributed by atoms with Gasteiger partial charge in [0.15, 0.2) is 0 Å². The van der Waals surface area contributed by atoms with Crippen molar-refractivity contribution < 1.29 is 9.53 Å². The Kier molecular flexibility index (Phi) is 9.43. The molecule has 0 unspecified atom stereocenters. The smallest absolute Gasteiger partial charge is 0.270 e. The number of aromatic nitrogens is 2. The minimum atomic E-state index is -0.0995. The summed E-state index contributed by atoms with van der Waals surface area (Å²) in [6.45, 7) is 7.48. The van der Waals surface area contributed by atoms with E-state index in [4.69, 9.17) is 16.3 Å². The van der Waals surface area contributed by atoms with Crippen molar-refractivity contribution in [1.82, 2.24) is 25.1 Å². The number of hydrogen-bond acceptors (Lipinski definition) is 6. The highest BCUT2D eigenvalue weighted by molar-refractivity contribution is 7.09. The van der Waals surface area contributed by atoms with E-state index in [9.17, 15) is 4.79 Å². The summed E-state index contributed by atoms with van der Waals surface area (Å²) in [5.74, 6) is -0.0995. The third-order valence-corrected chi connectivity index (χ3v) is 7.96. The molecule has 0 atom stereocenters. The Morgan fingerprint density at radius 1 is 1.13 bits per heavy atom. The molecular formula is C29H34ClN5O2S. The van der Waals surface area contributed by atoms with E-state index in [1.807, 2.05) is 17.5 Å². The quantitative estimate of drug-likeness (QED) is 0.243. The second-order valence-electron chi connectivity index (χ2n) is 9.64. The number of para-hydroxylation sites is 1. The molecule has 1 aliphatic rings. The molecule has 2 aromatic carbocycles. The van der Waals surface area contributed by atoms with Crippen molar-refractivity contribution in [3.8, 4) is 0 Å². The minimum Gasteiger partial charge on any atom is -0.379 e. The maximum atomic E-state index is 12.7. The summed E-state index contributed by atoms with van der Waals surface area (Å²) in [4.78, 5) is 25.5. The molecule has 2 aromatic heterocycles. The van der Waals surface area contributed by atoms with Crippen molar-refractivity contribution in [2.24, 2.45) is 0 Å². The lowest BCUT2D eigenvalue weighted by atomic mass is 10.1. The van der Waals surface area contributed by atoms with Gasteiger partial charge < -0.3 is 15.0 Å². The second-order valence-corrected chi connectivity index (χ2v) is 11.0. The molecule has 1 saturated heterocycles. The van der Waals surface area contributed by atoms with Gasteiger partial charge >= 0.3 is 0 Å². The van der Waals surface area contributed by atoms with Gasteiger partial charge in [-0.2, -0.15) is 0 Å². The number of nitrogens with one attached hydrogen (secondary N) is 2. The third kappa shape index (κ3) is 7.42. The van der Waals surface area contributed by atoms with Gasteiger partial charge in [-0.05, 0) is 48.7 Å². The van der Waals surface area contributed by atoms with Crippen LogP contribution in [0.5, 0.6) is 0 Å². The highest BCUT2D eigenvalue weighted by Crippen LogP contribution is 2.21. The fraction of sp³-hybridized carbons (Fsp3) is 0.379. The molecular weight excluding hydrogens is 518 g/mol. The van der Waals surface area contributed by atoms with Crippen molar-refractivity contribution in [1.29, 1.82) is 0 Å². The van der Waals surface area contributed by atoms with Crippen LogP contribution in [0.4, 0.5) is 0 Å². The molecule has 2 N–H and O–H groups in total. The molecule has 0 radical (unpaired) electrons. The van der Waals surface area contributed by atoms with Gasteiger partial charge in [0.05, 0.1) is 19.8 Å². The standard InChI is InChI=1S/C29H34ClN5O2S/c30-24-8-6-22(7-9-24)19-35(13-10-23-18-32-26-5-2-1-4-25(23)26)20-28-33-27(21-38-28)29(36)31-11-3-12-34-14-16-37-17-15-34/h1-2,4-9,18,21,32H,3,10-17,19-20H2,(H,31,36). The number of amides is 1. The highest BCUT2D eigenvalue weighted by atomic mass is 35.5. The van der Waals surface area contributed by atoms with Gasteiger partial charge in [-0.15, -0.1) is 11.3 Å². The Hall–Kier alpha value is -2.75. The van der Waals surface area contributed by atoms with Crippen LogP contribution in [0.3, 0.4) is 0 Å². The number of rotatable bonds is 12. The first-order valence-corrected chi connectivity index (χ1v) is 14.4. The molecule has 38 heavy (non-hydrogen) atoms. The molecule has 0 aliphatic carbocycles. The monoisotopic (exact) mass is 551 g/mol. The first-order valence-electron chi connectivity index (χ1n) is 13.2. The largest absolute Gasteiger partial charge is 0.379 e. The van der Waals surface area contributed by atoms with Crippen molar-refractivity contribution >= 4 is 39.7 Å². The Morgan fingerprint density at radius 2 is 1.95 bits per heavy atom. The third-order valence-electron chi connectivity index (χ3n) is 6.88. The summed E-state index contributed by atoms with van der Waals surface area (Å²) in [6, 6.07) is 16.4. The van der Waals surface area contributed by atoms with Gasteiger partial charge in [0.25, 0.3) is 5.91 Å². The van der Waals surface area contributed by atoms with Crippen LogP contribution >= 0.6 is 22.9 Å². The zero-order valence-corrected chi connectivity index (χ0v) is 23.1. The van der Waals surface area contributed by atoms with E-state index in [1.165, 1.54) is 16.5 Å². The number of ether oxygens (including phenoxy) is 1. The number of benzene rings is 2. The Bertz CT molecular complexity index is 1320. The summed E-state index contributed by atoms with van der Waals surface area (Å²) in [5, 5.41) is 7.84. The van der Waals surface area contributed by atoms with E-state index in [0.29, 0.717) is 18.8 Å². The van der Waals surface area contributed by atoms with E-state index in [1.54, 1.807) is 11.3 Å². The number of morpholine rings is 1. The van der Waals surface area contributed by atoms with Gasteiger partial charge in [0.2, 0.25) is 0 Å². The Labute approximate surface area is 232 Å². The van der Waals surface area contributed by atoms with Gasteiger partial charge in [-0.25, -0.2) is 4.98 Å². The molecule has 7 nitrogen and oxygen atoms in total. The number of aromatic amines is 1. The summed E-state index contributed by atoms with van der Waals surface area (Å²) in [7, 11) is 0. The number of carbonyl (C=O) groups excluding carboxylic acids is 1. The Balaban J connectivity index is 1.18. The maximum absolute atomic E-state index is 12.7. The molecule has 1 aliphatic heterocycles. The SMILES string of the molecule is O=C(NCCCN1CCOCC1)c1csc(CN(CCc2c[nH]c3ccccc23)Cc2ccc(Cl)cc2)n1. The van der Waals surface area contributed by atoms with E-state index in [2.05, 4.69) is 67.7 Å². The zero-order valence-electron chi connectivity index (χ0n) is 21.5. The summed E-state index contributed by atoms with van der Waals surface area (Å²) < 4.78 is 5.39. The lowest BCUT2D eigenvalue weighted by molar-refractivity contribution is 0.0374. The van der Waals surface area contributed by atoms with Crippen LogP contribution in [0.1, 0.15) is 33.0 Å². The first kappa shape index (κ1) is 26.8. The molecule has 200 valence electrons. The topological polar surface area (TPSA) is 73.5 Å². The molecule has 9 heteroatoms. The van der Waals surface area contributed by atoms with Crippen molar-refractivity contribution in [3.05, 3.63) is 87.0 Å². The maximum Gasteiger partial charge on any atom is 0.270 e. The van der Waals surface area contributed by atoms with Crippen LogP contribution in [0.2, 0.25) is 5.02 Å². The molecule has 0 spiro atoms. The lowest BCUT2D eigenvalue weighted by Gasteiger charge is -2.26. The number of carbonyl (C=O) groups is 1. The highest BCUT2D eigenvalue weighted by Gasteiger charge is 2.15. The lowest BCUT2D eigenvalue weighted by Crippen LogP contribution is -2.38. The van der Waals surface area contributed by atoms with Crippen LogP contribution < -0.4 is 5.32 Å². The summed E-state index contributed by atoms with van der Waals surface area (Å²) in [6.07, 6.45) is 3.95. The van der Waals surface area contributed by atoms with Crippen molar-refractivity contribution in [3.63, 3.8) is 0 Å². The van der Waals surface area contributed by atoms with E-state index in [-0.39, 0.29) is 5.91 Å². The predicted molar refractivity (Wildman–Crippen MR) is 154 cm³/mol.